The summed E-state index contributed by atoms with van der Waals surface area (Å²) in [5.74, 6) is 0.752. The van der Waals surface area contributed by atoms with Crippen molar-refractivity contribution < 1.29 is 4.79 Å². The first-order valence-corrected chi connectivity index (χ1v) is 13.9. The number of carbonyl (C=O) groups is 1. The zero-order chi connectivity index (χ0) is 27.1. The zero-order valence-corrected chi connectivity index (χ0v) is 23.0. The molecule has 198 valence electrons. The van der Waals surface area contributed by atoms with Crippen molar-refractivity contribution in [2.75, 3.05) is 37.6 Å². The Balaban J connectivity index is 0.00000164. The van der Waals surface area contributed by atoms with Crippen molar-refractivity contribution in [3.63, 3.8) is 0 Å². The van der Waals surface area contributed by atoms with Gasteiger partial charge in [0.05, 0.1) is 28.0 Å². The van der Waals surface area contributed by atoms with Crippen molar-refractivity contribution in [3.8, 4) is 28.4 Å². The Kier molecular flexibility index (Phi) is 9.05. The molecular formula is C28H34N8OS. The van der Waals surface area contributed by atoms with E-state index in [-0.39, 0.29) is 11.9 Å². The Bertz CT molecular complexity index is 1370. The third-order valence-electron chi connectivity index (χ3n) is 6.92. The number of hydrogen-bond acceptors (Lipinski definition) is 8. The molecule has 0 spiro atoms. The van der Waals surface area contributed by atoms with Crippen LogP contribution in [0, 0.1) is 11.8 Å². The molecule has 0 radical (unpaired) electrons. The van der Waals surface area contributed by atoms with Crippen molar-refractivity contribution in [2.24, 2.45) is 0 Å². The van der Waals surface area contributed by atoms with E-state index in [0.717, 1.165) is 66.6 Å². The summed E-state index contributed by atoms with van der Waals surface area (Å²) in [5, 5.41) is 16.2. The second kappa shape index (κ2) is 12.6. The second-order valence-corrected chi connectivity index (χ2v) is 10.1. The van der Waals surface area contributed by atoms with Gasteiger partial charge in [-0.05, 0) is 62.5 Å². The molecule has 1 fully saturated rings. The molecule has 5 heterocycles. The van der Waals surface area contributed by atoms with Crippen LogP contribution in [0.1, 0.15) is 44.0 Å². The number of pyridine rings is 1. The van der Waals surface area contributed by atoms with Gasteiger partial charge in [0.25, 0.3) is 5.91 Å². The lowest BCUT2D eigenvalue weighted by Gasteiger charge is -2.26. The fourth-order valence-corrected chi connectivity index (χ4v) is 5.52. The first kappa shape index (κ1) is 27.2. The molecule has 10 heteroatoms. The van der Waals surface area contributed by atoms with Gasteiger partial charge in [-0.3, -0.25) is 9.69 Å². The quantitative estimate of drug-likeness (QED) is 0.334. The number of likely N-dealkylation sites (N-methyl/N-ethyl adjacent to an activating group) is 1. The van der Waals surface area contributed by atoms with Gasteiger partial charge in [0.1, 0.15) is 5.82 Å². The number of fused-ring (bicyclic) bond motifs is 1. The number of nitrogens with one attached hydrogen (secondary N) is 1. The molecule has 0 aliphatic carbocycles. The maximum absolute atomic E-state index is 13.3. The number of amides is 1. The van der Waals surface area contributed by atoms with E-state index >= 15 is 0 Å². The third-order valence-corrected chi connectivity index (χ3v) is 7.81. The molecular weight excluding hydrogens is 496 g/mol. The van der Waals surface area contributed by atoms with Gasteiger partial charge in [0.2, 0.25) is 0 Å². The zero-order valence-electron chi connectivity index (χ0n) is 22.2. The molecule has 1 aliphatic rings. The highest BCUT2D eigenvalue weighted by Crippen LogP contribution is 2.29. The third kappa shape index (κ3) is 5.85. The van der Waals surface area contributed by atoms with Gasteiger partial charge in [-0.25, -0.2) is 19.7 Å². The number of nitriles is 1. The van der Waals surface area contributed by atoms with Gasteiger partial charge in [-0.15, -0.1) is 11.3 Å². The Labute approximate surface area is 227 Å². The highest BCUT2D eigenvalue weighted by molar-refractivity contribution is 7.13. The van der Waals surface area contributed by atoms with E-state index in [9.17, 15) is 4.79 Å². The van der Waals surface area contributed by atoms with Gasteiger partial charge in [-0.1, -0.05) is 19.9 Å². The van der Waals surface area contributed by atoms with Gasteiger partial charge in [-0.2, -0.15) is 5.10 Å². The van der Waals surface area contributed by atoms with Gasteiger partial charge < -0.3 is 10.2 Å². The van der Waals surface area contributed by atoms with Crippen molar-refractivity contribution in [1.82, 2.24) is 29.8 Å². The maximum Gasteiger partial charge on any atom is 0.251 e. The fraction of sp³-hybridized carbons (Fsp3) is 0.393. The Morgan fingerprint density at radius 1 is 1.16 bits per heavy atom. The number of hydrogen-bond donors (Lipinski definition) is 1. The first-order chi connectivity index (χ1) is 18.6. The summed E-state index contributed by atoms with van der Waals surface area (Å²) < 4.78 is 1.77. The first-order valence-electron chi connectivity index (χ1n) is 13.0. The lowest BCUT2D eigenvalue weighted by molar-refractivity contribution is 0.0938. The van der Waals surface area contributed by atoms with Gasteiger partial charge in [0.15, 0.2) is 5.65 Å². The van der Waals surface area contributed by atoms with Crippen LogP contribution in [0.25, 0.3) is 27.5 Å². The van der Waals surface area contributed by atoms with Crippen molar-refractivity contribution >= 4 is 28.7 Å². The van der Waals surface area contributed by atoms with Crippen LogP contribution in [0.5, 0.6) is 0 Å². The Hall–Kier alpha value is -3.81. The SMILES string of the molecule is C#N.CCN(CC)C(C)CNC(=O)c1cc(-c2cnn3ccc(-c4cccs4)nc23)nc(N2CCCC2)c1. The molecule has 1 unspecified atom stereocenters. The largest absolute Gasteiger partial charge is 0.357 e. The molecule has 0 saturated carbocycles. The van der Waals surface area contributed by atoms with Crippen LogP contribution in [0.15, 0.2) is 48.1 Å². The molecule has 38 heavy (non-hydrogen) atoms. The number of anilines is 1. The minimum atomic E-state index is -0.0817. The standard InChI is InChI=1S/C27H33N7OS.CHN/c1-4-32(5-2)19(3)17-28-27(35)20-15-23(30-25(16-20)33-11-6-7-12-33)21-18-29-34-13-10-22(31-26(21)34)24-9-8-14-36-24;1-2/h8-10,13-16,18-19H,4-7,11-12,17H2,1-3H3,(H,28,35);1H. The Morgan fingerprint density at radius 2 is 1.92 bits per heavy atom. The predicted molar refractivity (Wildman–Crippen MR) is 152 cm³/mol. The lowest BCUT2D eigenvalue weighted by Crippen LogP contribution is -2.42. The number of rotatable bonds is 9. The number of carbonyl (C=O) groups excluding carboxylic acids is 1. The monoisotopic (exact) mass is 530 g/mol. The summed E-state index contributed by atoms with van der Waals surface area (Å²) in [6.07, 6.45) is 5.99. The smallest absolute Gasteiger partial charge is 0.251 e. The van der Waals surface area contributed by atoms with Gasteiger partial charge in [0, 0.05) is 44.0 Å². The van der Waals surface area contributed by atoms with Crippen LogP contribution in [0.3, 0.4) is 0 Å². The van der Waals surface area contributed by atoms with E-state index in [0.29, 0.717) is 17.8 Å². The minimum absolute atomic E-state index is 0.0817. The van der Waals surface area contributed by atoms with E-state index in [1.54, 1.807) is 22.0 Å². The van der Waals surface area contributed by atoms with E-state index in [2.05, 4.69) is 53.6 Å². The highest BCUT2D eigenvalue weighted by Gasteiger charge is 2.21. The second-order valence-electron chi connectivity index (χ2n) is 9.19. The predicted octanol–water partition coefficient (Wildman–Crippen LogP) is 4.72. The molecule has 1 amide bonds. The molecule has 1 N–H and O–H groups in total. The van der Waals surface area contributed by atoms with Crippen LogP contribution in [-0.4, -0.2) is 69.2 Å². The summed E-state index contributed by atoms with van der Waals surface area (Å²) in [7, 11) is 0. The molecule has 9 nitrogen and oxygen atoms in total. The minimum Gasteiger partial charge on any atom is -0.357 e. The van der Waals surface area contributed by atoms with Crippen LogP contribution >= 0.6 is 11.3 Å². The number of thiophene rings is 1. The van der Waals surface area contributed by atoms with Crippen LogP contribution in [0.4, 0.5) is 5.82 Å². The molecule has 4 aromatic rings. The number of aromatic nitrogens is 4. The van der Waals surface area contributed by atoms with E-state index in [1.165, 1.54) is 0 Å². The fourth-order valence-electron chi connectivity index (χ4n) is 4.82. The van der Waals surface area contributed by atoms with Gasteiger partial charge >= 0.3 is 0 Å². The molecule has 1 aliphatic heterocycles. The molecule has 0 bridgehead atoms. The Morgan fingerprint density at radius 3 is 2.61 bits per heavy atom. The van der Waals surface area contributed by atoms with Crippen molar-refractivity contribution in [1.29, 1.82) is 5.26 Å². The molecule has 4 aromatic heterocycles. The van der Waals surface area contributed by atoms with Crippen LogP contribution in [0.2, 0.25) is 0 Å². The molecule has 5 rings (SSSR count). The molecule has 1 atom stereocenters. The maximum atomic E-state index is 13.3. The summed E-state index contributed by atoms with van der Waals surface area (Å²) in [5.41, 5.74) is 3.78. The van der Waals surface area contributed by atoms with Crippen molar-refractivity contribution in [3.05, 3.63) is 53.7 Å². The lowest BCUT2D eigenvalue weighted by atomic mass is 10.1. The average Bonchev–Trinajstić information content (AvgIpc) is 3.75. The molecule has 1 saturated heterocycles. The summed E-state index contributed by atoms with van der Waals surface area (Å²) in [6, 6.07) is 10.1. The van der Waals surface area contributed by atoms with E-state index in [1.807, 2.05) is 35.8 Å². The van der Waals surface area contributed by atoms with E-state index in [4.69, 9.17) is 15.2 Å². The topological polar surface area (TPSA) is 102 Å². The molecule has 0 aromatic carbocycles. The van der Waals surface area contributed by atoms with Crippen molar-refractivity contribution in [2.45, 2.75) is 39.7 Å². The highest BCUT2D eigenvalue weighted by atomic mass is 32.1. The van der Waals surface area contributed by atoms with Crippen LogP contribution < -0.4 is 10.2 Å². The average molecular weight is 531 g/mol. The number of nitrogens with zero attached hydrogens (tertiary/aromatic N) is 7. The summed E-state index contributed by atoms with van der Waals surface area (Å²) >= 11 is 1.66. The van der Waals surface area contributed by atoms with E-state index < -0.39 is 0 Å². The van der Waals surface area contributed by atoms with Crippen LogP contribution in [-0.2, 0) is 0 Å². The summed E-state index contributed by atoms with van der Waals surface area (Å²) in [6.45, 7) is 14.4. The summed E-state index contributed by atoms with van der Waals surface area (Å²) in [4.78, 5) is 28.9. The normalized spacial score (nSPS) is 13.9.